The predicted molar refractivity (Wildman–Crippen MR) is 96.2 cm³/mol. The number of pyridine rings is 1. The average molecular weight is 371 g/mol. The number of H-pyrrole nitrogens is 1. The number of benzene rings is 1. The van der Waals surface area contributed by atoms with E-state index in [4.69, 9.17) is 9.47 Å². The molecule has 2 aromatic heterocycles. The zero-order chi connectivity index (χ0) is 18.3. The van der Waals surface area contributed by atoms with Crippen molar-refractivity contribution in [1.82, 2.24) is 15.0 Å². The number of hydrogen-bond acceptors (Lipinski definition) is 6. The van der Waals surface area contributed by atoms with Gasteiger partial charge in [0.2, 0.25) is 0 Å². The lowest BCUT2D eigenvalue weighted by atomic mass is 10.0. The molecule has 0 spiro atoms. The molecule has 1 aliphatic heterocycles. The SMILES string of the molecule is CC(=O)c1cc2nc(S(=O)Cc3nccc4c3OCCO4)[nH]c2cc1C. The second-order valence-corrected chi connectivity index (χ2v) is 7.42. The standard InChI is InChI=1S/C18H17N3O4S/c1-10-7-13-14(8-12(10)11(2)22)21-18(20-13)26(23)9-15-17-16(3-4-19-15)24-5-6-25-17/h3-4,7-8H,5-6,9H2,1-2H3,(H,20,21). The molecule has 1 atom stereocenters. The molecule has 1 unspecified atom stereocenters. The molecule has 1 N–H and O–H groups in total. The summed E-state index contributed by atoms with van der Waals surface area (Å²) >= 11 is 0. The number of carbonyl (C=O) groups is 1. The summed E-state index contributed by atoms with van der Waals surface area (Å²) in [5, 5.41) is 0.344. The number of carbonyl (C=O) groups excluding carboxylic acids is 1. The van der Waals surface area contributed by atoms with Gasteiger partial charge in [-0.25, -0.2) is 4.98 Å². The van der Waals surface area contributed by atoms with E-state index in [1.54, 1.807) is 18.3 Å². The average Bonchev–Trinajstić information content (AvgIpc) is 3.04. The number of rotatable bonds is 4. The van der Waals surface area contributed by atoms with E-state index >= 15 is 0 Å². The molecule has 3 heterocycles. The van der Waals surface area contributed by atoms with Crippen LogP contribution in [0.2, 0.25) is 0 Å². The molecule has 1 aliphatic rings. The number of ether oxygens (including phenoxy) is 2. The summed E-state index contributed by atoms with van der Waals surface area (Å²) in [6, 6.07) is 5.30. The summed E-state index contributed by atoms with van der Waals surface area (Å²) < 4.78 is 23.9. The minimum atomic E-state index is -1.44. The molecular formula is C18H17N3O4S. The molecule has 0 fully saturated rings. The summed E-state index contributed by atoms with van der Waals surface area (Å²) in [6.45, 7) is 4.31. The van der Waals surface area contributed by atoms with Crippen molar-refractivity contribution in [1.29, 1.82) is 0 Å². The van der Waals surface area contributed by atoms with Crippen molar-refractivity contribution in [3.05, 3.63) is 41.2 Å². The quantitative estimate of drug-likeness (QED) is 0.709. The maximum absolute atomic E-state index is 12.8. The lowest BCUT2D eigenvalue weighted by molar-refractivity contribution is 0.101. The normalized spacial score (nSPS) is 14.4. The van der Waals surface area contributed by atoms with Crippen LogP contribution in [-0.2, 0) is 16.6 Å². The summed E-state index contributed by atoms with van der Waals surface area (Å²) in [4.78, 5) is 23.5. The zero-order valence-corrected chi connectivity index (χ0v) is 15.2. The van der Waals surface area contributed by atoms with Gasteiger partial charge in [0.1, 0.15) is 13.2 Å². The Kier molecular flexibility index (Phi) is 4.20. The molecule has 8 heteroatoms. The fourth-order valence-electron chi connectivity index (χ4n) is 2.96. The van der Waals surface area contributed by atoms with Gasteiger partial charge >= 0.3 is 0 Å². The highest BCUT2D eigenvalue weighted by Gasteiger charge is 2.20. The Hall–Kier alpha value is -2.74. The van der Waals surface area contributed by atoms with Crippen LogP contribution in [0, 0.1) is 6.92 Å². The Bertz CT molecular complexity index is 1040. The lowest BCUT2D eigenvalue weighted by Crippen LogP contribution is -2.17. The van der Waals surface area contributed by atoms with E-state index < -0.39 is 10.8 Å². The number of fused-ring (bicyclic) bond motifs is 2. The number of imidazole rings is 1. The Balaban J connectivity index is 1.66. The summed E-state index contributed by atoms with van der Waals surface area (Å²) in [5.74, 6) is 1.29. The molecule has 4 rings (SSSR count). The van der Waals surface area contributed by atoms with Crippen molar-refractivity contribution in [2.24, 2.45) is 0 Å². The van der Waals surface area contributed by atoms with Crippen LogP contribution in [0.3, 0.4) is 0 Å². The van der Waals surface area contributed by atoms with Gasteiger partial charge in [0.15, 0.2) is 22.4 Å². The molecule has 0 radical (unpaired) electrons. The topological polar surface area (TPSA) is 94.2 Å². The molecular weight excluding hydrogens is 354 g/mol. The number of aromatic nitrogens is 3. The number of aryl methyl sites for hydroxylation is 1. The van der Waals surface area contributed by atoms with Crippen LogP contribution in [0.15, 0.2) is 29.6 Å². The highest BCUT2D eigenvalue weighted by molar-refractivity contribution is 7.84. The van der Waals surface area contributed by atoms with Crippen molar-refractivity contribution >= 4 is 27.6 Å². The number of aromatic amines is 1. The number of nitrogens with zero attached hydrogens (tertiary/aromatic N) is 2. The van der Waals surface area contributed by atoms with Crippen LogP contribution in [0.1, 0.15) is 28.5 Å². The maximum Gasteiger partial charge on any atom is 0.197 e. The van der Waals surface area contributed by atoms with E-state index in [0.29, 0.717) is 46.6 Å². The second kappa shape index (κ2) is 6.53. The van der Waals surface area contributed by atoms with E-state index in [-0.39, 0.29) is 11.5 Å². The Morgan fingerprint density at radius 2 is 2.12 bits per heavy atom. The monoisotopic (exact) mass is 371 g/mol. The van der Waals surface area contributed by atoms with Crippen molar-refractivity contribution in [3.8, 4) is 11.5 Å². The number of ketones is 1. The van der Waals surface area contributed by atoms with Gasteiger partial charge < -0.3 is 14.5 Å². The molecule has 0 bridgehead atoms. The molecule has 134 valence electrons. The van der Waals surface area contributed by atoms with Gasteiger partial charge in [-0.05, 0) is 31.5 Å². The first-order valence-corrected chi connectivity index (χ1v) is 9.48. The van der Waals surface area contributed by atoms with E-state index in [1.807, 2.05) is 13.0 Å². The Morgan fingerprint density at radius 1 is 1.31 bits per heavy atom. The third-order valence-electron chi connectivity index (χ3n) is 4.20. The third-order valence-corrected chi connectivity index (χ3v) is 5.36. The first-order valence-electron chi connectivity index (χ1n) is 8.16. The van der Waals surface area contributed by atoms with Crippen LogP contribution in [0.5, 0.6) is 11.5 Å². The van der Waals surface area contributed by atoms with Gasteiger partial charge in [0, 0.05) is 17.8 Å². The number of nitrogens with one attached hydrogen (secondary N) is 1. The molecule has 26 heavy (non-hydrogen) atoms. The van der Waals surface area contributed by atoms with E-state index in [1.165, 1.54) is 6.92 Å². The number of hydrogen-bond donors (Lipinski definition) is 1. The van der Waals surface area contributed by atoms with E-state index in [2.05, 4.69) is 15.0 Å². The van der Waals surface area contributed by atoms with Crippen LogP contribution in [0.4, 0.5) is 0 Å². The minimum absolute atomic E-state index is 0.0210. The van der Waals surface area contributed by atoms with Gasteiger partial charge in [-0.3, -0.25) is 14.0 Å². The number of Topliss-reactive ketones (excluding diaryl/α,β-unsaturated/α-hetero) is 1. The van der Waals surface area contributed by atoms with Gasteiger partial charge in [-0.2, -0.15) is 0 Å². The predicted octanol–water partition coefficient (Wildman–Crippen LogP) is 2.55. The highest BCUT2D eigenvalue weighted by atomic mass is 32.2. The van der Waals surface area contributed by atoms with Gasteiger partial charge in [0.05, 0.1) is 33.3 Å². The van der Waals surface area contributed by atoms with Crippen molar-refractivity contribution in [3.63, 3.8) is 0 Å². The maximum atomic E-state index is 12.8. The molecule has 0 saturated heterocycles. The summed E-state index contributed by atoms with van der Waals surface area (Å²) in [5.41, 5.74) is 3.41. The molecule has 1 aromatic carbocycles. The fraction of sp³-hybridized carbons (Fsp3) is 0.278. The van der Waals surface area contributed by atoms with Crippen molar-refractivity contribution in [2.45, 2.75) is 24.8 Å². The van der Waals surface area contributed by atoms with Crippen LogP contribution in [0.25, 0.3) is 11.0 Å². The molecule has 7 nitrogen and oxygen atoms in total. The summed E-state index contributed by atoms with van der Waals surface area (Å²) in [6.07, 6.45) is 1.61. The summed E-state index contributed by atoms with van der Waals surface area (Å²) in [7, 11) is -1.44. The largest absolute Gasteiger partial charge is 0.486 e. The Morgan fingerprint density at radius 3 is 2.92 bits per heavy atom. The van der Waals surface area contributed by atoms with Crippen LogP contribution >= 0.6 is 0 Å². The Labute approximate surface area is 152 Å². The third kappa shape index (κ3) is 2.96. The first kappa shape index (κ1) is 16.7. The van der Waals surface area contributed by atoms with Crippen LogP contribution in [-0.4, -0.2) is 38.2 Å². The first-order chi connectivity index (χ1) is 12.5. The lowest BCUT2D eigenvalue weighted by Gasteiger charge is -2.19. The van der Waals surface area contributed by atoms with Gasteiger partial charge in [-0.1, -0.05) is 0 Å². The van der Waals surface area contributed by atoms with Crippen molar-refractivity contribution in [2.75, 3.05) is 13.2 Å². The smallest absolute Gasteiger partial charge is 0.197 e. The van der Waals surface area contributed by atoms with Gasteiger partial charge in [0.25, 0.3) is 0 Å². The van der Waals surface area contributed by atoms with Crippen LogP contribution < -0.4 is 9.47 Å². The second-order valence-electron chi connectivity index (χ2n) is 6.05. The van der Waals surface area contributed by atoms with E-state index in [9.17, 15) is 9.00 Å². The fourth-order valence-corrected chi connectivity index (χ4v) is 3.97. The molecule has 0 aliphatic carbocycles. The van der Waals surface area contributed by atoms with Crippen molar-refractivity contribution < 1.29 is 18.5 Å². The minimum Gasteiger partial charge on any atom is -0.486 e. The molecule has 0 saturated carbocycles. The van der Waals surface area contributed by atoms with E-state index in [0.717, 1.165) is 11.1 Å². The zero-order valence-electron chi connectivity index (χ0n) is 14.4. The molecule has 0 amide bonds. The van der Waals surface area contributed by atoms with Gasteiger partial charge in [-0.15, -0.1) is 0 Å². The molecule has 3 aromatic rings. The highest BCUT2D eigenvalue weighted by Crippen LogP contribution is 2.33.